The fourth-order valence-electron chi connectivity index (χ4n) is 1.97. The van der Waals surface area contributed by atoms with Crippen molar-refractivity contribution in [1.29, 1.82) is 0 Å². The lowest BCUT2D eigenvalue weighted by Gasteiger charge is -2.01. The van der Waals surface area contributed by atoms with Crippen LogP contribution in [0.4, 0.5) is 5.13 Å². The van der Waals surface area contributed by atoms with E-state index in [2.05, 4.69) is 42.0 Å². The third-order valence-corrected chi connectivity index (χ3v) is 4.76. The van der Waals surface area contributed by atoms with Crippen LogP contribution in [0.3, 0.4) is 0 Å². The first-order valence-electron chi connectivity index (χ1n) is 7.58. The molecule has 1 aromatic heterocycles. The van der Waals surface area contributed by atoms with Gasteiger partial charge in [0.15, 0.2) is 11.5 Å². The van der Waals surface area contributed by atoms with Crippen molar-refractivity contribution in [2.75, 3.05) is 12.1 Å². The monoisotopic (exact) mass is 439 g/mol. The minimum atomic E-state index is -0.345. The summed E-state index contributed by atoms with van der Waals surface area (Å²) in [4.78, 5) is 23.2. The molecule has 0 unspecified atom stereocenters. The summed E-state index contributed by atoms with van der Waals surface area (Å²) in [5.74, 6) is 0.774. The van der Waals surface area contributed by atoms with Crippen LogP contribution in [0.25, 0.3) is 0 Å². The molecule has 2 heterocycles. The summed E-state index contributed by atoms with van der Waals surface area (Å²) in [6, 6.07) is 3.54. The molecular weight excluding hydrogens is 426 g/mol. The van der Waals surface area contributed by atoms with Gasteiger partial charge in [-0.3, -0.25) is 9.59 Å². The molecule has 2 aromatic rings. The van der Waals surface area contributed by atoms with E-state index in [0.717, 1.165) is 21.4 Å². The van der Waals surface area contributed by atoms with E-state index in [-0.39, 0.29) is 25.0 Å². The lowest BCUT2D eigenvalue weighted by molar-refractivity contribution is -0.120. The zero-order valence-corrected chi connectivity index (χ0v) is 16.0. The Bertz CT molecular complexity index is 870. The van der Waals surface area contributed by atoms with E-state index in [4.69, 9.17) is 9.47 Å². The summed E-state index contributed by atoms with van der Waals surface area (Å²) < 4.78 is 11.3. The number of nitrogens with zero attached hydrogens (tertiary/aromatic N) is 3. The quantitative estimate of drug-likeness (QED) is 0.525. The predicted molar refractivity (Wildman–Crippen MR) is 98.5 cm³/mol. The number of hydrazone groups is 1. The number of aromatic nitrogens is 2. The number of ether oxygens (including phenoxy) is 2. The Labute approximate surface area is 160 Å². The van der Waals surface area contributed by atoms with Gasteiger partial charge in [-0.25, -0.2) is 5.43 Å². The first-order chi connectivity index (χ1) is 12.5. The summed E-state index contributed by atoms with van der Waals surface area (Å²) in [6.45, 7) is 1.92. The standard InChI is InChI=1S/C15H14BrN5O4S/c1-2-12(22)18-15-21-20-14(26-15)5-13(23)19-17-6-8-3-10-11(4-9(8)16)25-7-24-10/h3-4,6H,2,5,7H2,1H3,(H,19,23)(H,18,21,22)/b17-6-. The molecule has 11 heteroatoms. The van der Waals surface area contributed by atoms with Crippen LogP contribution >= 0.6 is 27.3 Å². The van der Waals surface area contributed by atoms with E-state index in [1.807, 2.05) is 0 Å². The van der Waals surface area contributed by atoms with Crippen molar-refractivity contribution in [3.63, 3.8) is 0 Å². The van der Waals surface area contributed by atoms with E-state index in [1.54, 1.807) is 19.1 Å². The molecule has 0 bridgehead atoms. The van der Waals surface area contributed by atoms with E-state index < -0.39 is 0 Å². The van der Waals surface area contributed by atoms with Gasteiger partial charge in [0.05, 0.1) is 12.6 Å². The van der Waals surface area contributed by atoms with Crippen molar-refractivity contribution in [3.05, 3.63) is 27.2 Å². The molecule has 26 heavy (non-hydrogen) atoms. The Morgan fingerprint density at radius 1 is 1.31 bits per heavy atom. The minimum Gasteiger partial charge on any atom is -0.454 e. The van der Waals surface area contributed by atoms with E-state index in [1.165, 1.54) is 6.21 Å². The van der Waals surface area contributed by atoms with Gasteiger partial charge in [-0.2, -0.15) is 5.10 Å². The fraction of sp³-hybridized carbons (Fsp3) is 0.267. The van der Waals surface area contributed by atoms with Gasteiger partial charge in [0, 0.05) is 16.5 Å². The second-order valence-corrected chi connectivity index (χ2v) is 7.02. The zero-order valence-electron chi connectivity index (χ0n) is 13.6. The molecule has 0 atom stereocenters. The number of amides is 2. The second kappa shape index (κ2) is 8.23. The molecule has 1 aromatic carbocycles. The van der Waals surface area contributed by atoms with Crippen LogP contribution in [-0.4, -0.2) is 35.0 Å². The maximum absolute atomic E-state index is 11.9. The highest BCUT2D eigenvalue weighted by Crippen LogP contribution is 2.36. The summed E-state index contributed by atoms with van der Waals surface area (Å²) in [5, 5.41) is 15.1. The van der Waals surface area contributed by atoms with Gasteiger partial charge in [-0.15, -0.1) is 10.2 Å². The molecule has 0 aliphatic carbocycles. The molecule has 0 saturated heterocycles. The van der Waals surface area contributed by atoms with Crippen molar-refractivity contribution in [1.82, 2.24) is 15.6 Å². The normalized spacial score (nSPS) is 12.4. The predicted octanol–water partition coefficient (Wildman–Crippen LogP) is 2.07. The van der Waals surface area contributed by atoms with Crippen molar-refractivity contribution in [2.24, 2.45) is 5.10 Å². The highest BCUT2D eigenvalue weighted by Gasteiger charge is 2.15. The topological polar surface area (TPSA) is 115 Å². The molecular formula is C15H14BrN5O4S. The molecule has 136 valence electrons. The average molecular weight is 440 g/mol. The Hall–Kier alpha value is -2.53. The number of fused-ring (bicyclic) bond motifs is 1. The van der Waals surface area contributed by atoms with Crippen LogP contribution in [0.5, 0.6) is 11.5 Å². The number of anilines is 1. The molecule has 1 aliphatic rings. The molecule has 0 fully saturated rings. The van der Waals surface area contributed by atoms with Gasteiger partial charge in [0.2, 0.25) is 23.7 Å². The van der Waals surface area contributed by atoms with E-state index in [0.29, 0.717) is 28.1 Å². The molecule has 2 amide bonds. The molecule has 0 spiro atoms. The van der Waals surface area contributed by atoms with Crippen LogP contribution in [0.15, 0.2) is 21.7 Å². The maximum Gasteiger partial charge on any atom is 0.247 e. The van der Waals surface area contributed by atoms with Gasteiger partial charge in [0.25, 0.3) is 0 Å². The van der Waals surface area contributed by atoms with Gasteiger partial charge in [-0.1, -0.05) is 18.3 Å². The first-order valence-corrected chi connectivity index (χ1v) is 9.19. The fourth-order valence-corrected chi connectivity index (χ4v) is 3.15. The van der Waals surface area contributed by atoms with Gasteiger partial charge in [-0.05, 0) is 28.1 Å². The number of carbonyl (C=O) groups excluding carboxylic acids is 2. The SMILES string of the molecule is CCC(=O)Nc1nnc(CC(=O)N/N=C\c2cc3c(cc2Br)OCO3)s1. The largest absolute Gasteiger partial charge is 0.454 e. The van der Waals surface area contributed by atoms with Crippen LogP contribution in [0, 0.1) is 0 Å². The number of hydrogen-bond acceptors (Lipinski definition) is 8. The second-order valence-electron chi connectivity index (χ2n) is 5.10. The van der Waals surface area contributed by atoms with Crippen molar-refractivity contribution >= 4 is 50.4 Å². The van der Waals surface area contributed by atoms with Gasteiger partial charge >= 0.3 is 0 Å². The smallest absolute Gasteiger partial charge is 0.247 e. The van der Waals surface area contributed by atoms with Crippen molar-refractivity contribution in [2.45, 2.75) is 19.8 Å². The zero-order chi connectivity index (χ0) is 18.5. The number of benzene rings is 1. The third kappa shape index (κ3) is 4.55. The third-order valence-electron chi connectivity index (χ3n) is 3.23. The maximum atomic E-state index is 11.9. The molecule has 1 aliphatic heterocycles. The number of nitrogens with one attached hydrogen (secondary N) is 2. The summed E-state index contributed by atoms with van der Waals surface area (Å²) in [5.41, 5.74) is 3.16. The average Bonchev–Trinajstić information content (AvgIpc) is 3.23. The number of carbonyl (C=O) groups is 2. The Morgan fingerprint density at radius 2 is 2.08 bits per heavy atom. The lowest BCUT2D eigenvalue weighted by Crippen LogP contribution is -2.19. The molecule has 9 nitrogen and oxygen atoms in total. The highest BCUT2D eigenvalue weighted by atomic mass is 79.9. The number of rotatable bonds is 6. The van der Waals surface area contributed by atoms with Gasteiger partial charge in [0.1, 0.15) is 5.01 Å². The Balaban J connectivity index is 1.54. The van der Waals surface area contributed by atoms with E-state index in [9.17, 15) is 9.59 Å². The Kier molecular flexibility index (Phi) is 5.78. The number of hydrogen-bond donors (Lipinski definition) is 2. The molecule has 0 saturated carbocycles. The summed E-state index contributed by atoms with van der Waals surface area (Å²) in [7, 11) is 0. The number of halogens is 1. The first kappa shape index (κ1) is 18.3. The van der Waals surface area contributed by atoms with Crippen molar-refractivity contribution < 1.29 is 19.1 Å². The van der Waals surface area contributed by atoms with Crippen LogP contribution in [0.2, 0.25) is 0 Å². The summed E-state index contributed by atoms with van der Waals surface area (Å²) in [6.07, 6.45) is 1.86. The highest BCUT2D eigenvalue weighted by molar-refractivity contribution is 9.10. The Morgan fingerprint density at radius 3 is 2.85 bits per heavy atom. The molecule has 0 radical (unpaired) electrons. The summed E-state index contributed by atoms with van der Waals surface area (Å²) >= 11 is 4.55. The van der Waals surface area contributed by atoms with Crippen LogP contribution in [0.1, 0.15) is 23.9 Å². The van der Waals surface area contributed by atoms with Gasteiger partial charge < -0.3 is 14.8 Å². The minimum absolute atomic E-state index is 0.0132. The molecule has 2 N–H and O–H groups in total. The van der Waals surface area contributed by atoms with E-state index >= 15 is 0 Å². The van der Waals surface area contributed by atoms with Crippen LogP contribution < -0.4 is 20.2 Å². The molecule has 3 rings (SSSR count). The van der Waals surface area contributed by atoms with Crippen LogP contribution in [-0.2, 0) is 16.0 Å². The lowest BCUT2D eigenvalue weighted by atomic mass is 10.2. The van der Waals surface area contributed by atoms with Crippen molar-refractivity contribution in [3.8, 4) is 11.5 Å².